The van der Waals surface area contributed by atoms with Crippen molar-refractivity contribution in [2.75, 3.05) is 6.54 Å². The Morgan fingerprint density at radius 3 is 2.59 bits per heavy atom. The van der Waals surface area contributed by atoms with E-state index in [1.807, 2.05) is 32.0 Å². The molecule has 0 saturated carbocycles. The van der Waals surface area contributed by atoms with Crippen molar-refractivity contribution in [3.05, 3.63) is 65.7 Å². The average molecular weight is 367 g/mol. The van der Waals surface area contributed by atoms with Crippen LogP contribution in [0.3, 0.4) is 0 Å². The van der Waals surface area contributed by atoms with Crippen LogP contribution in [0.4, 0.5) is 4.39 Å². The maximum atomic E-state index is 13.9. The summed E-state index contributed by atoms with van der Waals surface area (Å²) in [7, 11) is 0. The molecular weight excluding hydrogens is 345 g/mol. The molecule has 1 aliphatic rings. The van der Waals surface area contributed by atoms with Crippen molar-refractivity contribution in [2.24, 2.45) is 0 Å². The van der Waals surface area contributed by atoms with Gasteiger partial charge in [0.05, 0.1) is 17.1 Å². The Morgan fingerprint density at radius 1 is 1.15 bits per heavy atom. The summed E-state index contributed by atoms with van der Waals surface area (Å²) in [6, 6.07) is 10.2. The van der Waals surface area contributed by atoms with Crippen molar-refractivity contribution in [1.82, 2.24) is 15.3 Å². The molecule has 0 spiro atoms. The number of aliphatic hydroxyl groups is 1. The molecule has 2 atom stereocenters. The Morgan fingerprint density at radius 2 is 1.85 bits per heavy atom. The van der Waals surface area contributed by atoms with E-state index in [1.165, 1.54) is 6.07 Å². The molecule has 5 nitrogen and oxygen atoms in total. The number of benzene rings is 2. The molecule has 0 radical (unpaired) electrons. The van der Waals surface area contributed by atoms with E-state index >= 15 is 0 Å². The second kappa shape index (κ2) is 6.87. The average Bonchev–Trinajstić information content (AvgIpc) is 2.65. The van der Waals surface area contributed by atoms with Gasteiger partial charge >= 0.3 is 0 Å². The lowest BCUT2D eigenvalue weighted by molar-refractivity contribution is -0.0642. The second-order valence-electron chi connectivity index (χ2n) is 7.36. The fourth-order valence-electron chi connectivity index (χ4n) is 3.54. The van der Waals surface area contributed by atoms with Crippen LogP contribution >= 0.6 is 0 Å². The van der Waals surface area contributed by atoms with Gasteiger partial charge in [-0.3, -0.25) is 9.97 Å². The third kappa shape index (κ3) is 3.38. The molecule has 0 saturated heterocycles. The Labute approximate surface area is 157 Å². The summed E-state index contributed by atoms with van der Waals surface area (Å²) in [5.41, 5.74) is 2.21. The van der Waals surface area contributed by atoms with E-state index in [4.69, 9.17) is 4.74 Å². The normalized spacial score (nSPS) is 20.9. The molecule has 2 aromatic carbocycles. The van der Waals surface area contributed by atoms with Crippen LogP contribution in [0.1, 0.15) is 31.0 Å². The molecule has 0 bridgehead atoms. The number of ether oxygens (including phenoxy) is 1. The lowest BCUT2D eigenvalue weighted by atomic mass is 9.86. The molecule has 0 unspecified atom stereocenters. The summed E-state index contributed by atoms with van der Waals surface area (Å²) >= 11 is 0. The largest absolute Gasteiger partial charge is 0.485 e. The van der Waals surface area contributed by atoms with E-state index in [0.717, 1.165) is 16.6 Å². The minimum atomic E-state index is -0.765. The van der Waals surface area contributed by atoms with Gasteiger partial charge in [-0.05, 0) is 44.5 Å². The van der Waals surface area contributed by atoms with Gasteiger partial charge in [0.15, 0.2) is 0 Å². The highest BCUT2D eigenvalue weighted by Gasteiger charge is 2.42. The zero-order valence-corrected chi connectivity index (χ0v) is 15.3. The number of hydrogen-bond donors (Lipinski definition) is 2. The van der Waals surface area contributed by atoms with Gasteiger partial charge < -0.3 is 15.2 Å². The number of aliphatic hydroxyl groups excluding tert-OH is 1. The van der Waals surface area contributed by atoms with Gasteiger partial charge in [0.1, 0.15) is 23.3 Å². The summed E-state index contributed by atoms with van der Waals surface area (Å²) in [5.74, 6) is 0.468. The van der Waals surface area contributed by atoms with Gasteiger partial charge in [-0.2, -0.15) is 0 Å². The van der Waals surface area contributed by atoms with E-state index in [2.05, 4.69) is 15.3 Å². The number of hydrogen-bond acceptors (Lipinski definition) is 5. The maximum Gasteiger partial charge on any atom is 0.131 e. The van der Waals surface area contributed by atoms with E-state index in [1.54, 1.807) is 24.5 Å². The number of nitrogens with zero attached hydrogens (tertiary/aromatic N) is 2. The second-order valence-corrected chi connectivity index (χ2v) is 7.36. The molecule has 3 aromatic rings. The Hall–Kier alpha value is -2.57. The van der Waals surface area contributed by atoms with Crippen LogP contribution in [0, 0.1) is 5.82 Å². The maximum absolute atomic E-state index is 13.9. The van der Waals surface area contributed by atoms with E-state index in [9.17, 15) is 9.50 Å². The van der Waals surface area contributed by atoms with Crippen LogP contribution < -0.4 is 10.1 Å². The number of fused-ring (bicyclic) bond motifs is 2. The van der Waals surface area contributed by atoms with Crippen LogP contribution in [0.25, 0.3) is 11.0 Å². The topological polar surface area (TPSA) is 67.3 Å². The third-order valence-electron chi connectivity index (χ3n) is 5.05. The fourth-order valence-corrected chi connectivity index (χ4v) is 3.54. The molecule has 2 N–H and O–H groups in total. The summed E-state index contributed by atoms with van der Waals surface area (Å²) in [6.07, 6.45) is 3.04. The molecule has 0 fully saturated rings. The minimum Gasteiger partial charge on any atom is -0.485 e. The molecular formula is C21H22FN3O2. The Bertz CT molecular complexity index is 977. The molecule has 1 aromatic heterocycles. The van der Waals surface area contributed by atoms with Gasteiger partial charge in [0, 0.05) is 24.0 Å². The molecule has 6 heteroatoms. The van der Waals surface area contributed by atoms with Gasteiger partial charge in [-0.25, -0.2) is 4.39 Å². The highest BCUT2D eigenvalue weighted by molar-refractivity contribution is 5.77. The molecule has 4 rings (SSSR count). The van der Waals surface area contributed by atoms with Crippen LogP contribution in [0.15, 0.2) is 48.8 Å². The standard InChI is InChI=1S/C21H22FN3O2/c1-21(2)20(26)19(25-8-7-13-5-3-4-6-15(13)22)14-11-16-17(12-18(14)27-21)24-10-9-23-16/h3-6,9-12,19-20,25-26H,7-8H2,1-2H3/t19-,20+/m0/s1. The molecule has 1 aliphatic heterocycles. The zero-order valence-electron chi connectivity index (χ0n) is 15.3. The van der Waals surface area contributed by atoms with Gasteiger partial charge in [0.25, 0.3) is 0 Å². The highest BCUT2D eigenvalue weighted by Crippen LogP contribution is 2.41. The quantitative estimate of drug-likeness (QED) is 0.741. The van der Waals surface area contributed by atoms with Gasteiger partial charge in [-0.1, -0.05) is 18.2 Å². The first kappa shape index (κ1) is 17.8. The van der Waals surface area contributed by atoms with Crippen molar-refractivity contribution in [3.63, 3.8) is 0 Å². The van der Waals surface area contributed by atoms with Crippen molar-refractivity contribution in [1.29, 1.82) is 0 Å². The minimum absolute atomic E-state index is 0.214. The first-order chi connectivity index (χ1) is 13.0. The van der Waals surface area contributed by atoms with Crippen molar-refractivity contribution in [3.8, 4) is 5.75 Å². The molecule has 0 aliphatic carbocycles. The van der Waals surface area contributed by atoms with Crippen LogP contribution in [0.2, 0.25) is 0 Å². The molecule has 27 heavy (non-hydrogen) atoms. The number of halogens is 1. The predicted molar refractivity (Wildman–Crippen MR) is 101 cm³/mol. The van der Waals surface area contributed by atoms with E-state index < -0.39 is 11.7 Å². The molecule has 2 heterocycles. The molecule has 0 amide bonds. The summed E-state index contributed by atoms with van der Waals surface area (Å²) in [4.78, 5) is 8.67. The first-order valence-corrected chi connectivity index (χ1v) is 9.04. The van der Waals surface area contributed by atoms with Crippen molar-refractivity contribution < 1.29 is 14.2 Å². The number of aromatic nitrogens is 2. The summed E-state index contributed by atoms with van der Waals surface area (Å²) in [5, 5.41) is 14.2. The van der Waals surface area contributed by atoms with Gasteiger partial charge in [-0.15, -0.1) is 0 Å². The lowest BCUT2D eigenvalue weighted by Crippen LogP contribution is -2.52. The summed E-state index contributed by atoms with van der Waals surface area (Å²) < 4.78 is 19.9. The number of nitrogens with one attached hydrogen (secondary N) is 1. The fraction of sp³-hybridized carbons (Fsp3) is 0.333. The van der Waals surface area contributed by atoms with Crippen LogP contribution in [0.5, 0.6) is 5.75 Å². The SMILES string of the molecule is CC1(C)Oc2cc3nccnc3cc2[C@H](NCCc2ccccc2F)[C@H]1O. The van der Waals surface area contributed by atoms with Crippen LogP contribution in [-0.4, -0.2) is 33.3 Å². The lowest BCUT2D eigenvalue weighted by Gasteiger charge is -2.42. The van der Waals surface area contributed by atoms with E-state index in [-0.39, 0.29) is 11.9 Å². The number of rotatable bonds is 4. The van der Waals surface area contributed by atoms with Crippen molar-refractivity contribution in [2.45, 2.75) is 38.0 Å². The van der Waals surface area contributed by atoms with Gasteiger partial charge in [0.2, 0.25) is 0 Å². The Balaban J connectivity index is 1.63. The zero-order chi connectivity index (χ0) is 19.0. The smallest absolute Gasteiger partial charge is 0.131 e. The van der Waals surface area contributed by atoms with Crippen molar-refractivity contribution >= 4 is 11.0 Å². The third-order valence-corrected chi connectivity index (χ3v) is 5.05. The molecule has 140 valence electrons. The first-order valence-electron chi connectivity index (χ1n) is 9.04. The summed E-state index contributed by atoms with van der Waals surface area (Å²) in [6.45, 7) is 4.23. The monoisotopic (exact) mass is 367 g/mol. The van der Waals surface area contributed by atoms with E-state index in [0.29, 0.717) is 24.3 Å². The highest BCUT2D eigenvalue weighted by atomic mass is 19.1. The Kier molecular flexibility index (Phi) is 4.53. The van der Waals surface area contributed by atoms with Crippen LogP contribution in [-0.2, 0) is 6.42 Å². The predicted octanol–water partition coefficient (Wildman–Crippen LogP) is 3.17.